The minimum Gasteiger partial charge on any atom is -0.493 e. The molecule has 6 heteroatoms. The van der Waals surface area contributed by atoms with Crippen LogP contribution in [0.5, 0.6) is 11.5 Å². The highest BCUT2D eigenvalue weighted by molar-refractivity contribution is 14.1. The number of nitrogens with zero attached hydrogens (tertiary/aromatic N) is 1. The number of aliphatic imine (C=N–C) groups is 1. The van der Waals surface area contributed by atoms with E-state index in [4.69, 9.17) is 14.5 Å². The van der Waals surface area contributed by atoms with Gasteiger partial charge in [0.2, 0.25) is 0 Å². The van der Waals surface area contributed by atoms with Crippen LogP contribution in [0.2, 0.25) is 0 Å². The van der Waals surface area contributed by atoms with Gasteiger partial charge >= 0.3 is 0 Å². The van der Waals surface area contributed by atoms with Crippen LogP contribution in [0.25, 0.3) is 0 Å². The maximum atomic E-state index is 14.0. The standard InChI is InChI=1S/C34H30FIN2O2/c1-21-10-15-31-28(16-21)26-7-5-8-27(26)33(38-31)23-11-13-25(14-12-23)37-19-22-17-30(36)34(32(18-22)39-2)40-20-24-6-3-4-9-29(24)35/h3-7,9-19,26-27,33,38H,8,20H2,1-2H3/t26-,27-,33+/m1/s1. The summed E-state index contributed by atoms with van der Waals surface area (Å²) in [6.07, 6.45) is 7.61. The number of benzene rings is 4. The van der Waals surface area contributed by atoms with Crippen molar-refractivity contribution in [1.29, 1.82) is 0 Å². The number of ether oxygens (including phenoxy) is 2. The van der Waals surface area contributed by atoms with Crippen LogP contribution in [0.4, 0.5) is 15.8 Å². The normalized spacial score (nSPS) is 19.2. The van der Waals surface area contributed by atoms with Crippen LogP contribution in [0.15, 0.2) is 96.0 Å². The van der Waals surface area contributed by atoms with Crippen LogP contribution in [-0.2, 0) is 6.61 Å². The van der Waals surface area contributed by atoms with E-state index in [9.17, 15) is 4.39 Å². The first-order valence-corrected chi connectivity index (χ1v) is 14.5. The molecular formula is C34H30FIN2O2. The summed E-state index contributed by atoms with van der Waals surface area (Å²) in [4.78, 5) is 4.72. The van der Waals surface area contributed by atoms with Gasteiger partial charge in [0.25, 0.3) is 0 Å². The second kappa shape index (κ2) is 11.5. The highest BCUT2D eigenvalue weighted by Gasteiger charge is 2.37. The predicted molar refractivity (Wildman–Crippen MR) is 168 cm³/mol. The first kappa shape index (κ1) is 26.6. The molecule has 1 aliphatic heterocycles. The monoisotopic (exact) mass is 644 g/mol. The van der Waals surface area contributed by atoms with Crippen molar-refractivity contribution in [1.82, 2.24) is 0 Å². The number of fused-ring (bicyclic) bond motifs is 3. The van der Waals surface area contributed by atoms with Gasteiger partial charge in [-0.25, -0.2) is 4.39 Å². The predicted octanol–water partition coefficient (Wildman–Crippen LogP) is 8.90. The van der Waals surface area contributed by atoms with E-state index < -0.39 is 0 Å². The van der Waals surface area contributed by atoms with Crippen molar-refractivity contribution in [3.05, 3.63) is 128 Å². The lowest BCUT2D eigenvalue weighted by atomic mass is 9.76. The van der Waals surface area contributed by atoms with Crippen LogP contribution in [-0.4, -0.2) is 13.3 Å². The van der Waals surface area contributed by atoms with Crippen molar-refractivity contribution in [3.63, 3.8) is 0 Å². The molecule has 0 spiro atoms. The van der Waals surface area contributed by atoms with Crippen molar-refractivity contribution in [3.8, 4) is 11.5 Å². The van der Waals surface area contributed by atoms with Crippen molar-refractivity contribution in [2.75, 3.05) is 12.4 Å². The van der Waals surface area contributed by atoms with Gasteiger partial charge in [-0.2, -0.15) is 0 Å². The van der Waals surface area contributed by atoms with E-state index in [1.54, 1.807) is 25.3 Å². The molecule has 0 aromatic heterocycles. The van der Waals surface area contributed by atoms with E-state index in [2.05, 4.69) is 89.4 Å². The number of methoxy groups -OCH3 is 1. The molecule has 0 amide bonds. The van der Waals surface area contributed by atoms with Crippen LogP contribution in [0.3, 0.4) is 0 Å². The second-order valence-electron chi connectivity index (χ2n) is 10.3. The summed E-state index contributed by atoms with van der Waals surface area (Å²) in [7, 11) is 1.60. The molecule has 2 aliphatic rings. The van der Waals surface area contributed by atoms with Gasteiger partial charge in [-0.1, -0.05) is 60.2 Å². The fourth-order valence-corrected chi connectivity index (χ4v) is 6.46. The van der Waals surface area contributed by atoms with E-state index in [0.29, 0.717) is 28.9 Å². The Labute approximate surface area is 248 Å². The Balaban J connectivity index is 1.17. The SMILES string of the molecule is COc1cc(C=Nc2ccc([C@@H]3Nc4ccc(C)cc4[C@@H]4C=CC[C@H]43)cc2)cc(I)c1OCc1ccccc1F. The Kier molecular flexibility index (Phi) is 7.61. The van der Waals surface area contributed by atoms with Crippen LogP contribution in [0, 0.1) is 22.2 Å². The number of aryl methyl sites for hydroxylation is 1. The summed E-state index contributed by atoms with van der Waals surface area (Å²) in [6.45, 7) is 2.28. The van der Waals surface area contributed by atoms with Crippen molar-refractivity contribution < 1.29 is 13.9 Å². The third-order valence-corrected chi connectivity index (χ3v) is 8.52. The molecule has 1 N–H and O–H groups in total. The maximum absolute atomic E-state index is 14.0. The van der Waals surface area contributed by atoms with Crippen molar-refractivity contribution in [2.45, 2.75) is 31.9 Å². The third kappa shape index (κ3) is 5.37. The Morgan fingerprint density at radius 3 is 2.67 bits per heavy atom. The average Bonchev–Trinajstić information content (AvgIpc) is 3.47. The topological polar surface area (TPSA) is 42.8 Å². The van der Waals surface area contributed by atoms with Crippen LogP contribution in [0.1, 0.15) is 46.2 Å². The summed E-state index contributed by atoms with van der Waals surface area (Å²) in [6, 6.07) is 26.0. The number of rotatable bonds is 7. The molecule has 4 aromatic carbocycles. The lowest BCUT2D eigenvalue weighted by Gasteiger charge is -2.37. The molecule has 0 saturated heterocycles. The highest BCUT2D eigenvalue weighted by Crippen LogP contribution is 2.50. The van der Waals surface area contributed by atoms with Gasteiger partial charge < -0.3 is 14.8 Å². The quantitative estimate of drug-likeness (QED) is 0.124. The van der Waals surface area contributed by atoms with E-state index in [-0.39, 0.29) is 18.5 Å². The van der Waals surface area contributed by atoms with Gasteiger partial charge in [-0.3, -0.25) is 4.99 Å². The Hall–Kier alpha value is -3.65. The Morgan fingerprint density at radius 1 is 1.05 bits per heavy atom. The van der Waals surface area contributed by atoms with Gasteiger partial charge in [0.05, 0.1) is 22.4 Å². The zero-order valence-electron chi connectivity index (χ0n) is 22.4. The largest absolute Gasteiger partial charge is 0.493 e. The minimum atomic E-state index is -0.287. The summed E-state index contributed by atoms with van der Waals surface area (Å²) in [5.74, 6) is 1.85. The molecule has 6 rings (SSSR count). The second-order valence-corrected chi connectivity index (χ2v) is 11.5. The van der Waals surface area contributed by atoms with E-state index >= 15 is 0 Å². The fraction of sp³-hybridized carbons (Fsp3) is 0.206. The lowest BCUT2D eigenvalue weighted by molar-refractivity contribution is 0.277. The van der Waals surface area contributed by atoms with Crippen molar-refractivity contribution in [2.24, 2.45) is 10.9 Å². The number of allylic oxidation sites excluding steroid dienone is 2. The fourth-order valence-electron chi connectivity index (χ4n) is 5.68. The number of hydrogen-bond acceptors (Lipinski definition) is 4. The first-order chi connectivity index (χ1) is 19.5. The van der Waals surface area contributed by atoms with E-state index in [1.807, 2.05) is 18.3 Å². The number of nitrogens with one attached hydrogen (secondary N) is 1. The van der Waals surface area contributed by atoms with Gasteiger partial charge in [-0.15, -0.1) is 0 Å². The van der Waals surface area contributed by atoms with Crippen molar-refractivity contribution >= 4 is 40.2 Å². The maximum Gasteiger partial charge on any atom is 0.174 e. The lowest BCUT2D eigenvalue weighted by Crippen LogP contribution is -2.29. The molecule has 0 unspecified atom stereocenters. The molecule has 0 radical (unpaired) electrons. The molecule has 3 atom stereocenters. The third-order valence-electron chi connectivity index (χ3n) is 7.71. The smallest absolute Gasteiger partial charge is 0.174 e. The van der Waals surface area contributed by atoms with E-state index in [1.165, 1.54) is 28.4 Å². The van der Waals surface area contributed by atoms with Crippen LogP contribution < -0.4 is 14.8 Å². The minimum absolute atomic E-state index is 0.123. The van der Waals surface area contributed by atoms with Gasteiger partial charge in [-0.05, 0) is 94.9 Å². The molecule has 0 fully saturated rings. The first-order valence-electron chi connectivity index (χ1n) is 13.4. The zero-order chi connectivity index (χ0) is 27.6. The van der Waals surface area contributed by atoms with E-state index in [0.717, 1.165) is 21.2 Å². The van der Waals surface area contributed by atoms with Crippen LogP contribution >= 0.6 is 22.6 Å². The molecule has 0 bridgehead atoms. The summed E-state index contributed by atoms with van der Waals surface area (Å²) >= 11 is 2.21. The zero-order valence-corrected chi connectivity index (χ0v) is 24.6. The molecule has 1 aliphatic carbocycles. The molecular weight excluding hydrogens is 614 g/mol. The number of hydrogen-bond donors (Lipinski definition) is 1. The molecule has 1 heterocycles. The van der Waals surface area contributed by atoms with Gasteiger partial charge in [0.1, 0.15) is 12.4 Å². The molecule has 4 aromatic rings. The summed E-state index contributed by atoms with van der Waals surface area (Å²) in [5, 5.41) is 3.81. The number of halogens is 2. The van der Waals surface area contributed by atoms with Gasteiger partial charge in [0, 0.05) is 23.4 Å². The summed E-state index contributed by atoms with van der Waals surface area (Å²) in [5.41, 5.74) is 7.49. The molecule has 4 nitrogen and oxygen atoms in total. The average molecular weight is 645 g/mol. The summed E-state index contributed by atoms with van der Waals surface area (Å²) < 4.78 is 26.4. The highest BCUT2D eigenvalue weighted by atomic mass is 127. The number of anilines is 1. The van der Waals surface area contributed by atoms with Gasteiger partial charge in [0.15, 0.2) is 11.5 Å². The molecule has 40 heavy (non-hydrogen) atoms. The Morgan fingerprint density at radius 2 is 1.88 bits per heavy atom. The molecule has 0 saturated carbocycles. The molecule has 202 valence electrons. The Bertz CT molecular complexity index is 1600.